The molecule has 44 heavy (non-hydrogen) atoms. The van der Waals surface area contributed by atoms with Crippen molar-refractivity contribution in [1.82, 2.24) is 0 Å². The van der Waals surface area contributed by atoms with E-state index in [2.05, 4.69) is 97.1 Å². The summed E-state index contributed by atoms with van der Waals surface area (Å²) in [6, 6.07) is 43.4. The van der Waals surface area contributed by atoms with Crippen LogP contribution in [0.5, 0.6) is 11.5 Å². The van der Waals surface area contributed by atoms with Crippen LogP contribution in [0.25, 0.3) is 71.7 Å². The molecule has 0 aliphatic heterocycles. The molecule has 8 aromatic rings. The second kappa shape index (κ2) is 11.4. The molecule has 2 nitrogen and oxygen atoms in total. The number of rotatable bonds is 7. The smallest absolute Gasteiger partial charge is 0.118 e. The van der Waals surface area contributed by atoms with Crippen molar-refractivity contribution in [2.75, 3.05) is 14.2 Å². The lowest BCUT2D eigenvalue weighted by molar-refractivity contribution is 0.415. The summed E-state index contributed by atoms with van der Waals surface area (Å²) in [6.45, 7) is 0. The van der Waals surface area contributed by atoms with Gasteiger partial charge in [0.1, 0.15) is 11.5 Å². The quantitative estimate of drug-likeness (QED) is 0.172. The van der Waals surface area contributed by atoms with Crippen molar-refractivity contribution in [3.8, 4) is 61.6 Å². The zero-order valence-electron chi connectivity index (χ0n) is 24.0. The van der Waals surface area contributed by atoms with Gasteiger partial charge in [0.15, 0.2) is 0 Å². The first-order valence-electron chi connectivity index (χ1n) is 14.2. The van der Waals surface area contributed by atoms with E-state index in [4.69, 9.17) is 9.47 Å². The Labute approximate surface area is 272 Å². The van der Waals surface area contributed by atoms with Gasteiger partial charge in [-0.25, -0.2) is 0 Å². The third-order valence-corrected chi connectivity index (χ3v) is 13.1. The van der Waals surface area contributed by atoms with Crippen LogP contribution in [0.4, 0.5) is 0 Å². The minimum Gasteiger partial charge on any atom is -0.497 e. The summed E-state index contributed by atoms with van der Waals surface area (Å²) in [6.07, 6.45) is 0. The van der Waals surface area contributed by atoms with Crippen LogP contribution in [0.2, 0.25) is 0 Å². The predicted octanol–water partition coefficient (Wildman–Crippen LogP) is 12.6. The van der Waals surface area contributed by atoms with Crippen LogP contribution >= 0.6 is 45.3 Å². The molecular weight excluding hydrogens is 617 g/mol. The monoisotopic (exact) mass is 642 g/mol. The van der Waals surface area contributed by atoms with Crippen LogP contribution in [-0.2, 0) is 0 Å². The third-order valence-electron chi connectivity index (χ3n) is 7.85. The molecule has 4 aromatic carbocycles. The molecule has 0 aliphatic rings. The molecule has 8 rings (SSSR count). The number of ether oxygens (including phenoxy) is 2. The van der Waals surface area contributed by atoms with Gasteiger partial charge in [-0.3, -0.25) is 0 Å². The van der Waals surface area contributed by atoms with E-state index in [1.807, 2.05) is 69.6 Å². The van der Waals surface area contributed by atoms with Crippen molar-refractivity contribution >= 4 is 66.9 Å². The van der Waals surface area contributed by atoms with Crippen LogP contribution in [0.3, 0.4) is 0 Å². The van der Waals surface area contributed by atoms with Crippen molar-refractivity contribution in [2.45, 2.75) is 0 Å². The minimum absolute atomic E-state index is 0.876. The van der Waals surface area contributed by atoms with Gasteiger partial charge in [0.05, 0.1) is 24.0 Å². The van der Waals surface area contributed by atoms with Gasteiger partial charge in [0.2, 0.25) is 0 Å². The topological polar surface area (TPSA) is 18.5 Å². The zero-order valence-corrected chi connectivity index (χ0v) is 27.3. The lowest BCUT2D eigenvalue weighted by Crippen LogP contribution is -1.81. The summed E-state index contributed by atoms with van der Waals surface area (Å²) in [5.41, 5.74) is 2.44. The molecule has 0 fully saturated rings. The maximum atomic E-state index is 5.39. The van der Waals surface area contributed by atoms with Crippen LogP contribution in [0, 0.1) is 0 Å². The molecule has 4 aromatic heterocycles. The molecule has 4 heterocycles. The Kier molecular flexibility index (Phi) is 7.07. The van der Waals surface area contributed by atoms with E-state index in [1.54, 1.807) is 14.2 Å². The number of thiophene rings is 4. The van der Waals surface area contributed by atoms with E-state index in [1.165, 1.54) is 71.7 Å². The lowest BCUT2D eigenvalue weighted by Gasteiger charge is -2.02. The molecule has 0 saturated carbocycles. The second-order valence-electron chi connectivity index (χ2n) is 10.4. The molecule has 0 atom stereocenters. The Bertz CT molecular complexity index is 2080. The summed E-state index contributed by atoms with van der Waals surface area (Å²) >= 11 is 7.51. The fourth-order valence-electron chi connectivity index (χ4n) is 5.65. The summed E-state index contributed by atoms with van der Waals surface area (Å²) < 4.78 is 10.8. The predicted molar refractivity (Wildman–Crippen MR) is 193 cm³/mol. The molecule has 0 saturated heterocycles. The van der Waals surface area contributed by atoms with Crippen molar-refractivity contribution in [1.29, 1.82) is 0 Å². The normalized spacial score (nSPS) is 11.4. The van der Waals surface area contributed by atoms with E-state index in [0.717, 1.165) is 11.5 Å². The fraction of sp³-hybridized carbons (Fsp3) is 0.0526. The molecule has 0 amide bonds. The van der Waals surface area contributed by atoms with E-state index in [9.17, 15) is 0 Å². The highest BCUT2D eigenvalue weighted by Gasteiger charge is 2.19. The number of benzene rings is 4. The van der Waals surface area contributed by atoms with Crippen molar-refractivity contribution in [2.24, 2.45) is 0 Å². The highest BCUT2D eigenvalue weighted by atomic mass is 32.1. The van der Waals surface area contributed by atoms with Crippen LogP contribution in [-0.4, -0.2) is 14.2 Å². The van der Waals surface area contributed by atoms with Crippen LogP contribution in [0.1, 0.15) is 0 Å². The highest BCUT2D eigenvalue weighted by molar-refractivity contribution is 7.30. The van der Waals surface area contributed by atoms with Gasteiger partial charge in [0, 0.05) is 50.8 Å². The van der Waals surface area contributed by atoms with Gasteiger partial charge >= 0.3 is 0 Å². The Morgan fingerprint density at radius 3 is 1.05 bits per heavy atom. The summed E-state index contributed by atoms with van der Waals surface area (Å²) in [5, 5.41) is 5.20. The Morgan fingerprint density at radius 2 is 0.682 bits per heavy atom. The lowest BCUT2D eigenvalue weighted by atomic mass is 10.1. The molecule has 214 valence electrons. The summed E-state index contributed by atoms with van der Waals surface area (Å²) in [7, 11) is 3.42. The van der Waals surface area contributed by atoms with Crippen LogP contribution in [0.15, 0.2) is 121 Å². The van der Waals surface area contributed by atoms with E-state index < -0.39 is 0 Å². The van der Waals surface area contributed by atoms with Gasteiger partial charge in [0.25, 0.3) is 0 Å². The average molecular weight is 643 g/mol. The van der Waals surface area contributed by atoms with Crippen LogP contribution < -0.4 is 9.47 Å². The molecule has 6 heteroatoms. The van der Waals surface area contributed by atoms with Crippen molar-refractivity contribution in [3.05, 3.63) is 121 Å². The number of fused-ring (bicyclic) bond motifs is 2. The maximum Gasteiger partial charge on any atom is 0.118 e. The second-order valence-corrected chi connectivity index (χ2v) is 14.6. The average Bonchev–Trinajstić information content (AvgIpc) is 3.89. The largest absolute Gasteiger partial charge is 0.497 e. The van der Waals surface area contributed by atoms with Crippen molar-refractivity contribution in [3.63, 3.8) is 0 Å². The Morgan fingerprint density at radius 1 is 0.341 bits per heavy atom. The third kappa shape index (κ3) is 4.75. The van der Waals surface area contributed by atoms with Gasteiger partial charge < -0.3 is 9.47 Å². The molecular formula is C38H26O2S4. The zero-order chi connectivity index (χ0) is 29.6. The molecule has 0 bridgehead atoms. The Balaban J connectivity index is 1.15. The maximum absolute atomic E-state index is 5.39. The van der Waals surface area contributed by atoms with E-state index >= 15 is 0 Å². The fourth-order valence-corrected chi connectivity index (χ4v) is 10.6. The number of hydrogen-bond donors (Lipinski definition) is 0. The molecule has 0 spiro atoms. The standard InChI is InChI=1S/C38H26O2S4/c1-39-25-15-11-23(12-16-25)35-27-7-3-5-9-29(27)37(43-35)33-21-19-31(41-33)32-20-22-34(42-32)38-30-10-6-4-8-28(30)36(44-38)24-13-17-26(40-2)18-14-24/h3-22H,1-2H3. The molecule has 0 radical (unpaired) electrons. The van der Waals surface area contributed by atoms with Gasteiger partial charge in [-0.2, -0.15) is 0 Å². The summed E-state index contributed by atoms with van der Waals surface area (Å²) in [5.74, 6) is 1.75. The molecule has 0 unspecified atom stereocenters. The first-order valence-corrected chi connectivity index (χ1v) is 17.5. The van der Waals surface area contributed by atoms with Gasteiger partial charge in [-0.1, -0.05) is 48.5 Å². The van der Waals surface area contributed by atoms with Crippen molar-refractivity contribution < 1.29 is 9.47 Å². The SMILES string of the molecule is COc1ccc(-c2sc(-c3ccc(-c4ccc(-c5sc(-c6ccc(OC)cc6)c6ccccc56)s4)s3)c3ccccc23)cc1. The summed E-state index contributed by atoms with van der Waals surface area (Å²) in [4.78, 5) is 10.5. The minimum atomic E-state index is 0.876. The van der Waals surface area contributed by atoms with Gasteiger partial charge in [-0.05, 0) is 83.9 Å². The number of hydrogen-bond acceptors (Lipinski definition) is 6. The molecule has 0 aliphatic carbocycles. The number of methoxy groups -OCH3 is 2. The van der Waals surface area contributed by atoms with E-state index in [-0.39, 0.29) is 0 Å². The molecule has 0 N–H and O–H groups in total. The van der Waals surface area contributed by atoms with E-state index in [0.29, 0.717) is 0 Å². The Hall–Kier alpha value is -4.20. The first kappa shape index (κ1) is 27.4. The first-order chi connectivity index (χ1) is 21.7. The van der Waals surface area contributed by atoms with Gasteiger partial charge in [-0.15, -0.1) is 45.3 Å². The highest BCUT2D eigenvalue weighted by Crippen LogP contribution is 2.50.